The molecule has 0 heterocycles. The minimum Gasteiger partial charge on any atom is -0.100 e. The van der Waals surface area contributed by atoms with E-state index < -0.39 is 0 Å². The predicted molar refractivity (Wildman–Crippen MR) is 162 cm³/mol. The van der Waals surface area contributed by atoms with E-state index >= 15 is 0 Å². The minimum atomic E-state index is 0.234. The summed E-state index contributed by atoms with van der Waals surface area (Å²) < 4.78 is 0. The fourth-order valence-corrected chi connectivity index (χ4v) is 7.21. The molecule has 200 valence electrons. The third-order valence-electron chi connectivity index (χ3n) is 7.53. The summed E-state index contributed by atoms with van der Waals surface area (Å²) in [5.41, 5.74) is 5.41. The van der Waals surface area contributed by atoms with Gasteiger partial charge in [0.05, 0.1) is 0 Å². The van der Waals surface area contributed by atoms with E-state index in [0.29, 0.717) is 22.7 Å². The van der Waals surface area contributed by atoms with Crippen molar-refractivity contribution in [3.63, 3.8) is 0 Å². The Hall–Kier alpha value is -1.82. The van der Waals surface area contributed by atoms with Gasteiger partial charge in [0.2, 0.25) is 0 Å². The van der Waals surface area contributed by atoms with Crippen molar-refractivity contribution in [3.8, 4) is 0 Å². The van der Waals surface area contributed by atoms with Crippen molar-refractivity contribution in [2.24, 2.45) is 21.7 Å². The molecule has 0 N–H and O–H groups in total. The number of hydrogen-bond acceptors (Lipinski definition) is 0. The van der Waals surface area contributed by atoms with Gasteiger partial charge in [0.25, 0.3) is 0 Å². The maximum Gasteiger partial charge on any atom is -0.0152 e. The van der Waals surface area contributed by atoms with Crippen LogP contribution in [0.4, 0.5) is 0 Å². The van der Waals surface area contributed by atoms with Crippen LogP contribution >= 0.6 is 0 Å². The van der Waals surface area contributed by atoms with Gasteiger partial charge in [0.15, 0.2) is 0 Å². The standard InChI is InChI=1S/C36H56/c1-28(2)22-34(6,7)23-31(29-18-14-12-15-19-29)24-35(8,9)25-32(30-20-16-13-17-21-30)26-36(10,11)27-33(3,4)5/h12-21,31-32H,1,22-27H2,2-11H3. The van der Waals surface area contributed by atoms with Gasteiger partial charge in [-0.3, -0.25) is 0 Å². The van der Waals surface area contributed by atoms with Gasteiger partial charge >= 0.3 is 0 Å². The van der Waals surface area contributed by atoms with Crippen LogP contribution in [0, 0.1) is 21.7 Å². The van der Waals surface area contributed by atoms with Gasteiger partial charge in [0.1, 0.15) is 0 Å². The zero-order valence-electron chi connectivity index (χ0n) is 25.4. The fraction of sp³-hybridized carbons (Fsp3) is 0.611. The van der Waals surface area contributed by atoms with Gasteiger partial charge < -0.3 is 0 Å². The highest BCUT2D eigenvalue weighted by molar-refractivity contribution is 5.22. The van der Waals surface area contributed by atoms with Crippen LogP contribution in [-0.4, -0.2) is 0 Å². The normalized spacial score (nSPS) is 14.9. The summed E-state index contributed by atoms with van der Waals surface area (Å²) in [5.74, 6) is 1.12. The molecule has 0 aliphatic carbocycles. The van der Waals surface area contributed by atoms with E-state index in [9.17, 15) is 0 Å². The molecule has 0 amide bonds. The second-order valence-electron chi connectivity index (χ2n) is 15.4. The Bertz CT molecular complexity index is 921. The van der Waals surface area contributed by atoms with Gasteiger partial charge in [0, 0.05) is 0 Å². The summed E-state index contributed by atoms with van der Waals surface area (Å²) in [6, 6.07) is 22.6. The predicted octanol–water partition coefficient (Wildman–Crippen LogP) is 11.6. The van der Waals surface area contributed by atoms with Crippen molar-refractivity contribution in [1.82, 2.24) is 0 Å². The molecule has 2 aromatic carbocycles. The molecule has 2 aromatic rings. The Morgan fingerprint density at radius 3 is 1.31 bits per heavy atom. The molecule has 0 spiro atoms. The highest BCUT2D eigenvalue weighted by Crippen LogP contribution is 2.48. The average molecular weight is 489 g/mol. The molecule has 0 saturated heterocycles. The van der Waals surface area contributed by atoms with Gasteiger partial charge in [-0.15, -0.1) is 6.58 Å². The van der Waals surface area contributed by atoms with E-state index in [2.05, 4.69) is 136 Å². The molecule has 0 saturated carbocycles. The summed E-state index contributed by atoms with van der Waals surface area (Å²) in [5, 5.41) is 0. The van der Waals surface area contributed by atoms with Crippen LogP contribution in [0.15, 0.2) is 72.8 Å². The molecular weight excluding hydrogens is 432 g/mol. The summed E-state index contributed by atoms with van der Waals surface area (Å²) in [6.45, 7) is 28.4. The lowest BCUT2D eigenvalue weighted by Gasteiger charge is -2.40. The topological polar surface area (TPSA) is 0 Å². The van der Waals surface area contributed by atoms with Crippen molar-refractivity contribution in [2.75, 3.05) is 0 Å². The van der Waals surface area contributed by atoms with Crippen LogP contribution in [0.5, 0.6) is 0 Å². The lowest BCUT2D eigenvalue weighted by molar-refractivity contribution is 0.159. The van der Waals surface area contributed by atoms with E-state index in [-0.39, 0.29) is 10.8 Å². The quantitative estimate of drug-likeness (QED) is 0.246. The molecule has 0 heteroatoms. The summed E-state index contributed by atoms with van der Waals surface area (Å²) >= 11 is 0. The van der Waals surface area contributed by atoms with E-state index in [0.717, 1.165) is 6.42 Å². The van der Waals surface area contributed by atoms with Crippen LogP contribution in [0.2, 0.25) is 0 Å². The van der Waals surface area contributed by atoms with Crippen LogP contribution in [0.1, 0.15) is 131 Å². The summed E-state index contributed by atoms with van der Waals surface area (Å²) in [6.07, 6.45) is 7.18. The fourth-order valence-electron chi connectivity index (χ4n) is 7.21. The van der Waals surface area contributed by atoms with Gasteiger partial charge in [-0.25, -0.2) is 0 Å². The number of benzene rings is 2. The zero-order chi connectivity index (χ0) is 27.2. The molecule has 0 aliphatic rings. The minimum absolute atomic E-state index is 0.234. The highest BCUT2D eigenvalue weighted by atomic mass is 14.4. The molecular formula is C36H56. The largest absolute Gasteiger partial charge is 0.100 e. The van der Waals surface area contributed by atoms with E-state index in [1.165, 1.54) is 48.8 Å². The number of allylic oxidation sites excluding steroid dienone is 1. The maximum atomic E-state index is 4.23. The molecule has 2 atom stereocenters. The van der Waals surface area contributed by atoms with Crippen molar-refractivity contribution in [3.05, 3.63) is 83.9 Å². The van der Waals surface area contributed by atoms with Gasteiger partial charge in [-0.05, 0) is 90.1 Å². The second-order valence-corrected chi connectivity index (χ2v) is 15.4. The Morgan fingerprint density at radius 1 is 0.583 bits per heavy atom. The first kappa shape index (κ1) is 30.4. The Labute approximate surface area is 225 Å². The molecule has 36 heavy (non-hydrogen) atoms. The summed E-state index contributed by atoms with van der Waals surface area (Å²) in [7, 11) is 0. The van der Waals surface area contributed by atoms with Crippen molar-refractivity contribution >= 4 is 0 Å². The molecule has 2 unspecified atom stereocenters. The zero-order valence-corrected chi connectivity index (χ0v) is 25.4. The van der Waals surface area contributed by atoms with Crippen molar-refractivity contribution < 1.29 is 0 Å². The SMILES string of the molecule is C=C(C)CC(C)(C)CC(CC(C)(C)CC(CC(C)(C)CC(C)(C)C)c1ccccc1)c1ccccc1. The molecule has 0 radical (unpaired) electrons. The van der Waals surface area contributed by atoms with Crippen molar-refractivity contribution in [1.29, 1.82) is 0 Å². The van der Waals surface area contributed by atoms with Crippen LogP contribution in [0.3, 0.4) is 0 Å². The monoisotopic (exact) mass is 488 g/mol. The lowest BCUT2D eigenvalue weighted by atomic mass is 9.65. The molecule has 0 bridgehead atoms. The lowest BCUT2D eigenvalue weighted by Crippen LogP contribution is -2.27. The number of rotatable bonds is 13. The average Bonchev–Trinajstić information content (AvgIpc) is 2.70. The molecule has 0 nitrogen and oxygen atoms in total. The van der Waals surface area contributed by atoms with Crippen LogP contribution in [-0.2, 0) is 0 Å². The third kappa shape index (κ3) is 11.1. The molecule has 0 aliphatic heterocycles. The Balaban J connectivity index is 2.32. The smallest absolute Gasteiger partial charge is 0.0152 e. The second kappa shape index (κ2) is 12.1. The van der Waals surface area contributed by atoms with E-state index in [4.69, 9.17) is 0 Å². The van der Waals surface area contributed by atoms with Crippen LogP contribution in [0.25, 0.3) is 0 Å². The van der Waals surface area contributed by atoms with Crippen molar-refractivity contribution in [2.45, 2.75) is 120 Å². The summed E-state index contributed by atoms with van der Waals surface area (Å²) in [4.78, 5) is 0. The Kier molecular flexibility index (Phi) is 10.3. The Morgan fingerprint density at radius 2 is 0.944 bits per heavy atom. The first-order valence-electron chi connectivity index (χ1n) is 14.2. The first-order chi connectivity index (χ1) is 16.5. The first-order valence-corrected chi connectivity index (χ1v) is 14.2. The third-order valence-corrected chi connectivity index (χ3v) is 7.53. The maximum absolute atomic E-state index is 4.23. The highest BCUT2D eigenvalue weighted by Gasteiger charge is 2.35. The van der Waals surface area contributed by atoms with Gasteiger partial charge in [-0.2, -0.15) is 0 Å². The molecule has 0 fully saturated rings. The molecule has 0 aromatic heterocycles. The number of hydrogen-bond donors (Lipinski definition) is 0. The molecule has 2 rings (SSSR count). The van der Waals surface area contributed by atoms with Gasteiger partial charge in [-0.1, -0.05) is 129 Å². The van der Waals surface area contributed by atoms with E-state index in [1.807, 2.05) is 0 Å². The van der Waals surface area contributed by atoms with Crippen LogP contribution < -0.4 is 0 Å². The van der Waals surface area contributed by atoms with E-state index in [1.54, 1.807) is 0 Å².